The Balaban J connectivity index is 3.18. The maximum absolute atomic E-state index is 10.2. The molecule has 0 atom stereocenters. The van der Waals surface area contributed by atoms with Crippen molar-refractivity contribution < 1.29 is 4.79 Å². The summed E-state index contributed by atoms with van der Waals surface area (Å²) in [4.78, 5) is 11.5. The van der Waals surface area contributed by atoms with Gasteiger partial charge < -0.3 is 0 Å². The van der Waals surface area contributed by atoms with Gasteiger partial charge in [-0.2, -0.15) is 0 Å². The molecule has 0 radical (unpaired) electrons. The van der Waals surface area contributed by atoms with Crippen LogP contribution < -0.4 is 0 Å². The summed E-state index contributed by atoms with van der Waals surface area (Å²) in [7, 11) is 0. The lowest BCUT2D eigenvalue weighted by molar-refractivity contribution is 0.112. The van der Waals surface area contributed by atoms with E-state index < -0.39 is 0 Å². The Kier molecular flexibility index (Phi) is 1.67. The SMILES string of the molecule is Cc1scc(C=O)c1C. The molecule has 0 spiro atoms. The molecular formula is C7H8OS. The van der Waals surface area contributed by atoms with E-state index in [9.17, 15) is 4.79 Å². The average Bonchev–Trinajstić information content (AvgIpc) is 2.15. The molecule has 0 saturated heterocycles. The molecule has 0 N–H and O–H groups in total. The molecule has 1 nitrogen and oxygen atoms in total. The Morgan fingerprint density at radius 3 is 2.44 bits per heavy atom. The van der Waals surface area contributed by atoms with Gasteiger partial charge in [0.1, 0.15) is 0 Å². The molecule has 2 heteroatoms. The first-order chi connectivity index (χ1) is 4.25. The van der Waals surface area contributed by atoms with Gasteiger partial charge in [0.05, 0.1) is 0 Å². The molecule has 0 aromatic carbocycles. The van der Waals surface area contributed by atoms with E-state index >= 15 is 0 Å². The largest absolute Gasteiger partial charge is 0.298 e. The molecule has 48 valence electrons. The normalized spacial score (nSPS) is 9.56. The lowest BCUT2D eigenvalue weighted by atomic mass is 10.2. The minimum atomic E-state index is 0.831. The maximum Gasteiger partial charge on any atom is 0.151 e. The van der Waals surface area contributed by atoms with Crippen molar-refractivity contribution in [3.05, 3.63) is 21.4 Å². The van der Waals surface area contributed by atoms with E-state index in [1.807, 2.05) is 19.2 Å². The van der Waals surface area contributed by atoms with Crippen LogP contribution in [0.3, 0.4) is 0 Å². The smallest absolute Gasteiger partial charge is 0.151 e. The van der Waals surface area contributed by atoms with Gasteiger partial charge in [-0.3, -0.25) is 4.79 Å². The van der Waals surface area contributed by atoms with Gasteiger partial charge >= 0.3 is 0 Å². The average molecular weight is 140 g/mol. The summed E-state index contributed by atoms with van der Waals surface area (Å²) in [5, 5.41) is 1.89. The fourth-order valence-corrected chi connectivity index (χ4v) is 1.48. The first kappa shape index (κ1) is 6.49. The van der Waals surface area contributed by atoms with Crippen molar-refractivity contribution in [2.24, 2.45) is 0 Å². The second kappa shape index (κ2) is 2.31. The molecule has 1 aromatic heterocycles. The van der Waals surface area contributed by atoms with Crippen LogP contribution in [0.2, 0.25) is 0 Å². The summed E-state index contributed by atoms with van der Waals surface area (Å²) in [6, 6.07) is 0. The van der Waals surface area contributed by atoms with E-state index in [0.717, 1.165) is 17.4 Å². The molecule has 1 heterocycles. The van der Waals surface area contributed by atoms with Gasteiger partial charge in [-0.25, -0.2) is 0 Å². The molecule has 0 fully saturated rings. The Bertz CT molecular complexity index is 225. The van der Waals surface area contributed by atoms with E-state index in [0.29, 0.717) is 0 Å². The van der Waals surface area contributed by atoms with Gasteiger partial charge in [-0.05, 0) is 19.4 Å². The van der Waals surface area contributed by atoms with Gasteiger partial charge in [0.25, 0.3) is 0 Å². The van der Waals surface area contributed by atoms with E-state index in [1.54, 1.807) is 11.3 Å². The van der Waals surface area contributed by atoms with Crippen LogP contribution in [0.25, 0.3) is 0 Å². The van der Waals surface area contributed by atoms with Crippen molar-refractivity contribution in [3.63, 3.8) is 0 Å². The molecule has 0 aliphatic carbocycles. The molecule has 9 heavy (non-hydrogen) atoms. The van der Waals surface area contributed by atoms with Crippen LogP contribution in [-0.4, -0.2) is 6.29 Å². The highest BCUT2D eigenvalue weighted by molar-refractivity contribution is 7.10. The van der Waals surface area contributed by atoms with Gasteiger partial charge in [0.15, 0.2) is 6.29 Å². The van der Waals surface area contributed by atoms with Crippen LogP contribution in [0.4, 0.5) is 0 Å². The first-order valence-electron chi connectivity index (χ1n) is 2.75. The number of aldehydes is 1. The highest BCUT2D eigenvalue weighted by Gasteiger charge is 1.99. The molecular weight excluding hydrogens is 132 g/mol. The predicted molar refractivity (Wildman–Crippen MR) is 39.2 cm³/mol. The summed E-state index contributed by atoms with van der Waals surface area (Å²) in [5.74, 6) is 0. The van der Waals surface area contributed by atoms with Crippen LogP contribution in [0.1, 0.15) is 20.8 Å². The van der Waals surface area contributed by atoms with Crippen LogP contribution >= 0.6 is 11.3 Å². The quantitative estimate of drug-likeness (QED) is 0.546. The van der Waals surface area contributed by atoms with Gasteiger partial charge in [0.2, 0.25) is 0 Å². The Hall–Kier alpha value is -0.630. The second-order valence-electron chi connectivity index (χ2n) is 1.99. The van der Waals surface area contributed by atoms with E-state index in [-0.39, 0.29) is 0 Å². The number of aryl methyl sites for hydroxylation is 1. The summed E-state index contributed by atoms with van der Waals surface area (Å²) >= 11 is 1.62. The Morgan fingerprint density at radius 1 is 1.56 bits per heavy atom. The van der Waals surface area contributed by atoms with Crippen LogP contribution in [0.5, 0.6) is 0 Å². The summed E-state index contributed by atoms with van der Waals surface area (Å²) < 4.78 is 0. The third-order valence-electron chi connectivity index (χ3n) is 1.45. The minimum absolute atomic E-state index is 0.831. The Labute approximate surface area is 58.3 Å². The maximum atomic E-state index is 10.2. The molecule has 1 aromatic rings. The third-order valence-corrected chi connectivity index (χ3v) is 2.48. The fraction of sp³-hybridized carbons (Fsp3) is 0.286. The molecule has 0 saturated carbocycles. The second-order valence-corrected chi connectivity index (χ2v) is 3.07. The predicted octanol–water partition coefficient (Wildman–Crippen LogP) is 2.18. The first-order valence-corrected chi connectivity index (χ1v) is 3.63. The van der Waals surface area contributed by atoms with Crippen LogP contribution in [-0.2, 0) is 0 Å². The topological polar surface area (TPSA) is 17.1 Å². The van der Waals surface area contributed by atoms with E-state index in [2.05, 4.69) is 0 Å². The van der Waals surface area contributed by atoms with Crippen molar-refractivity contribution in [1.82, 2.24) is 0 Å². The number of rotatable bonds is 1. The van der Waals surface area contributed by atoms with Gasteiger partial charge in [-0.15, -0.1) is 11.3 Å². The number of carbonyl (C=O) groups is 1. The standard InChI is InChI=1S/C7H8OS/c1-5-6(2)9-4-7(5)3-8/h3-4H,1-2H3. The van der Waals surface area contributed by atoms with Crippen molar-refractivity contribution in [2.45, 2.75) is 13.8 Å². The van der Waals surface area contributed by atoms with Crippen molar-refractivity contribution >= 4 is 17.6 Å². The number of thiophene rings is 1. The molecule has 0 aliphatic rings. The molecule has 0 bridgehead atoms. The van der Waals surface area contributed by atoms with Crippen molar-refractivity contribution in [3.8, 4) is 0 Å². The van der Waals surface area contributed by atoms with Gasteiger partial charge in [-0.1, -0.05) is 0 Å². The molecule has 0 amide bonds. The zero-order valence-corrected chi connectivity index (χ0v) is 6.29. The molecule has 0 aliphatic heterocycles. The van der Waals surface area contributed by atoms with Crippen LogP contribution in [0.15, 0.2) is 5.38 Å². The lowest BCUT2D eigenvalue weighted by Crippen LogP contribution is -1.78. The van der Waals surface area contributed by atoms with E-state index in [1.165, 1.54) is 4.88 Å². The highest BCUT2D eigenvalue weighted by Crippen LogP contribution is 2.18. The summed E-state index contributed by atoms with van der Waals surface area (Å²) in [6.45, 7) is 3.99. The minimum Gasteiger partial charge on any atom is -0.298 e. The third kappa shape index (κ3) is 1.03. The fourth-order valence-electron chi connectivity index (χ4n) is 0.648. The lowest BCUT2D eigenvalue weighted by Gasteiger charge is -1.85. The molecule has 1 rings (SSSR count). The summed E-state index contributed by atoms with van der Waals surface area (Å²) in [6.07, 6.45) is 0.902. The zero-order valence-electron chi connectivity index (χ0n) is 5.47. The van der Waals surface area contributed by atoms with Crippen LogP contribution in [0, 0.1) is 13.8 Å². The zero-order chi connectivity index (χ0) is 6.85. The summed E-state index contributed by atoms with van der Waals surface area (Å²) in [5.41, 5.74) is 1.95. The van der Waals surface area contributed by atoms with Gasteiger partial charge in [0, 0.05) is 15.8 Å². The number of carbonyl (C=O) groups excluding carboxylic acids is 1. The highest BCUT2D eigenvalue weighted by atomic mass is 32.1. The monoisotopic (exact) mass is 140 g/mol. The van der Waals surface area contributed by atoms with E-state index in [4.69, 9.17) is 0 Å². The van der Waals surface area contributed by atoms with Crippen molar-refractivity contribution in [2.75, 3.05) is 0 Å². The number of hydrogen-bond donors (Lipinski definition) is 0. The number of hydrogen-bond acceptors (Lipinski definition) is 2. The molecule has 0 unspecified atom stereocenters. The van der Waals surface area contributed by atoms with Crippen molar-refractivity contribution in [1.29, 1.82) is 0 Å². The Morgan fingerprint density at radius 2 is 2.22 bits per heavy atom.